The van der Waals surface area contributed by atoms with Crippen LogP contribution >= 0.6 is 0 Å². The minimum atomic E-state index is -1.52. The van der Waals surface area contributed by atoms with E-state index in [9.17, 15) is 14.7 Å². The number of nitrogens with zero attached hydrogens (tertiary/aromatic N) is 2. The van der Waals surface area contributed by atoms with E-state index >= 15 is 0 Å². The lowest BCUT2D eigenvalue weighted by Crippen LogP contribution is -2.70. The normalized spacial score (nSPS) is 20.6. The summed E-state index contributed by atoms with van der Waals surface area (Å²) in [5.41, 5.74) is 0.0967. The van der Waals surface area contributed by atoms with Crippen LogP contribution in [0.25, 0.3) is 0 Å². The number of carboxylic acids is 1. The number of rotatable bonds is 4. The average Bonchev–Trinajstić information content (AvgIpc) is 2.50. The van der Waals surface area contributed by atoms with Crippen LogP contribution in [0.2, 0.25) is 0 Å². The van der Waals surface area contributed by atoms with Gasteiger partial charge >= 0.3 is 6.03 Å². The number of hydrogen-bond donors (Lipinski definition) is 0. The molecule has 0 saturated carbocycles. The number of fused-ring (bicyclic) bond motifs is 1. The van der Waals surface area contributed by atoms with Crippen molar-refractivity contribution in [3.05, 3.63) is 17.7 Å². The van der Waals surface area contributed by atoms with Gasteiger partial charge in [0.1, 0.15) is 11.5 Å². The van der Waals surface area contributed by atoms with Gasteiger partial charge in [0.25, 0.3) is 0 Å². The molecule has 0 saturated heterocycles. The van der Waals surface area contributed by atoms with Crippen molar-refractivity contribution >= 4 is 23.4 Å². The fourth-order valence-corrected chi connectivity index (χ4v) is 2.66. The first-order chi connectivity index (χ1) is 10.6. The lowest BCUT2D eigenvalue weighted by Gasteiger charge is -2.45. The van der Waals surface area contributed by atoms with Crippen molar-refractivity contribution in [2.24, 2.45) is 4.99 Å². The quantitative estimate of drug-likeness (QED) is 0.776. The minimum absolute atomic E-state index is 0.409. The molecular weight excluding hydrogens is 300 g/mol. The van der Waals surface area contributed by atoms with Crippen LogP contribution in [-0.4, -0.2) is 44.5 Å². The molecule has 1 atom stereocenters. The molecule has 2 rings (SSSR count). The molecule has 7 heteroatoms. The number of aliphatic imine (C=N–C) groups is 1. The number of hydrogen-bond acceptors (Lipinski definition) is 5. The Morgan fingerprint density at radius 3 is 2.22 bits per heavy atom. The van der Waals surface area contributed by atoms with Gasteiger partial charge < -0.3 is 19.4 Å². The van der Waals surface area contributed by atoms with Crippen LogP contribution in [0.3, 0.4) is 0 Å². The van der Waals surface area contributed by atoms with E-state index in [2.05, 4.69) is 4.99 Å². The van der Waals surface area contributed by atoms with E-state index in [4.69, 9.17) is 9.47 Å². The van der Waals surface area contributed by atoms with Crippen molar-refractivity contribution < 1.29 is 24.2 Å². The summed E-state index contributed by atoms with van der Waals surface area (Å²) in [5, 5.41) is 11.7. The number of carbonyl (C=O) groups excluding carboxylic acids is 2. The smallest absolute Gasteiger partial charge is 0.448 e. The number of carboxylic acid groups (broad SMARTS) is 1. The predicted molar refractivity (Wildman–Crippen MR) is 84.0 cm³/mol. The molecule has 1 unspecified atom stereocenters. The zero-order valence-electron chi connectivity index (χ0n) is 14.1. The molecule has 1 aromatic rings. The fraction of sp³-hybridized carbons (Fsp3) is 0.438. The monoisotopic (exact) mass is 320 g/mol. The maximum absolute atomic E-state index is 12.6. The topological polar surface area (TPSA) is 88.0 Å². The van der Waals surface area contributed by atoms with Gasteiger partial charge in [0.15, 0.2) is 17.2 Å². The van der Waals surface area contributed by atoms with Crippen LogP contribution in [0, 0.1) is 0 Å². The largest absolute Gasteiger partial charge is 0.544 e. The first kappa shape index (κ1) is 17.0. The molecule has 0 spiro atoms. The van der Waals surface area contributed by atoms with E-state index in [-0.39, 0.29) is 0 Å². The van der Waals surface area contributed by atoms with Gasteiger partial charge in [0.05, 0.1) is 32.5 Å². The summed E-state index contributed by atoms with van der Waals surface area (Å²) in [6.45, 7) is 4.58. The van der Waals surface area contributed by atoms with E-state index in [0.717, 1.165) is 0 Å². The summed E-state index contributed by atoms with van der Waals surface area (Å²) in [5.74, 6) is -0.455. The van der Waals surface area contributed by atoms with E-state index in [0.29, 0.717) is 28.5 Å². The van der Waals surface area contributed by atoms with Gasteiger partial charge in [-0.15, -0.1) is 0 Å². The Balaban J connectivity index is 2.86. The van der Waals surface area contributed by atoms with Gasteiger partial charge in [0.2, 0.25) is 0 Å². The Hall–Kier alpha value is -2.41. The van der Waals surface area contributed by atoms with Crippen molar-refractivity contribution in [2.45, 2.75) is 26.3 Å². The first-order valence-corrected chi connectivity index (χ1v) is 7.06. The minimum Gasteiger partial charge on any atom is -0.544 e. The Morgan fingerprint density at radius 1 is 1.22 bits per heavy atom. The SMILES string of the molecule is COc1cc2c(cc1OC)[N+](C)(C(C)(C)C(=O)[O-])C(=O)N=C2C. The highest BCUT2D eigenvalue weighted by Crippen LogP contribution is 2.43. The van der Waals surface area contributed by atoms with Crippen LogP contribution in [0.15, 0.2) is 17.1 Å². The summed E-state index contributed by atoms with van der Waals surface area (Å²) in [7, 11) is 4.49. The molecule has 1 aliphatic heterocycles. The first-order valence-electron chi connectivity index (χ1n) is 7.06. The van der Waals surface area contributed by atoms with Gasteiger partial charge in [-0.25, -0.2) is 4.79 Å². The average molecular weight is 320 g/mol. The number of ether oxygens (including phenoxy) is 2. The third-order valence-corrected chi connectivity index (χ3v) is 4.64. The number of methoxy groups -OCH3 is 2. The molecule has 0 bridgehead atoms. The van der Waals surface area contributed by atoms with Gasteiger partial charge in [-0.3, -0.25) is 0 Å². The number of benzene rings is 1. The number of quaternary nitrogens is 1. The summed E-state index contributed by atoms with van der Waals surface area (Å²) < 4.78 is 10.0. The van der Waals surface area contributed by atoms with Gasteiger partial charge in [-0.05, 0) is 26.8 Å². The second-order valence-corrected chi connectivity index (χ2v) is 6.06. The zero-order chi connectivity index (χ0) is 17.6. The highest BCUT2D eigenvalue weighted by atomic mass is 16.5. The van der Waals surface area contributed by atoms with Crippen molar-refractivity contribution in [2.75, 3.05) is 21.3 Å². The standard InChI is InChI=1S/C16H20N2O5/c1-9-10-7-12(22-5)13(23-6)8-11(10)18(4,15(21)17-9)16(2,3)14(19)20/h7-8H,1-6H3. The second kappa shape index (κ2) is 5.34. The highest BCUT2D eigenvalue weighted by Gasteiger charge is 2.53. The third kappa shape index (κ3) is 2.19. The summed E-state index contributed by atoms with van der Waals surface area (Å²) in [4.78, 5) is 28.3. The van der Waals surface area contributed by atoms with Crippen molar-refractivity contribution in [3.63, 3.8) is 0 Å². The molecule has 1 heterocycles. The Kier molecular flexibility index (Phi) is 3.94. The molecule has 0 fully saturated rings. The van der Waals surface area contributed by atoms with Crippen molar-refractivity contribution in [1.29, 1.82) is 0 Å². The van der Waals surface area contributed by atoms with E-state index < -0.39 is 22.0 Å². The molecule has 0 aromatic heterocycles. The fourth-order valence-electron chi connectivity index (χ4n) is 2.66. The third-order valence-electron chi connectivity index (χ3n) is 4.64. The molecule has 0 radical (unpaired) electrons. The number of aliphatic carboxylic acids is 1. The summed E-state index contributed by atoms with van der Waals surface area (Å²) >= 11 is 0. The predicted octanol–water partition coefficient (Wildman–Crippen LogP) is 1.11. The molecule has 1 aliphatic rings. The maximum atomic E-state index is 12.6. The number of urea groups is 1. The van der Waals surface area contributed by atoms with Gasteiger partial charge in [0, 0.05) is 6.07 Å². The zero-order valence-corrected chi connectivity index (χ0v) is 14.1. The van der Waals surface area contributed by atoms with E-state index in [1.54, 1.807) is 19.1 Å². The molecule has 0 N–H and O–H groups in total. The van der Waals surface area contributed by atoms with Crippen LogP contribution in [0.5, 0.6) is 11.5 Å². The summed E-state index contributed by atoms with van der Waals surface area (Å²) in [6, 6.07) is 2.74. The Morgan fingerprint density at radius 2 is 1.74 bits per heavy atom. The Bertz CT molecular complexity index is 723. The van der Waals surface area contributed by atoms with Crippen molar-refractivity contribution in [3.8, 4) is 11.5 Å². The molecule has 7 nitrogen and oxygen atoms in total. The number of amides is 2. The molecule has 23 heavy (non-hydrogen) atoms. The number of likely N-dealkylation sites (N-methyl/N-ethyl adjacent to an activating group) is 1. The van der Waals surface area contributed by atoms with Crippen molar-refractivity contribution in [1.82, 2.24) is 4.48 Å². The van der Waals surface area contributed by atoms with Crippen LogP contribution < -0.4 is 19.1 Å². The van der Waals surface area contributed by atoms with Crippen LogP contribution in [-0.2, 0) is 4.79 Å². The molecule has 124 valence electrons. The Labute approximate surface area is 134 Å². The highest BCUT2D eigenvalue weighted by molar-refractivity contribution is 6.16. The number of carbonyl (C=O) groups is 2. The molecule has 1 aromatic carbocycles. The summed E-state index contributed by atoms with van der Waals surface area (Å²) in [6.07, 6.45) is 0. The lowest BCUT2D eigenvalue weighted by molar-refractivity contribution is -0.315. The molecule has 2 amide bonds. The second-order valence-electron chi connectivity index (χ2n) is 6.06. The molecular formula is C16H20N2O5. The maximum Gasteiger partial charge on any atom is 0.448 e. The van der Waals surface area contributed by atoms with Gasteiger partial charge in [-0.2, -0.15) is 9.48 Å². The van der Waals surface area contributed by atoms with Crippen LogP contribution in [0.4, 0.5) is 10.5 Å². The lowest BCUT2D eigenvalue weighted by atomic mass is 9.94. The van der Waals surface area contributed by atoms with Crippen LogP contribution in [0.1, 0.15) is 26.3 Å². The van der Waals surface area contributed by atoms with E-state index in [1.807, 2.05) is 0 Å². The van der Waals surface area contributed by atoms with Gasteiger partial charge in [-0.1, -0.05) is 0 Å². The van der Waals surface area contributed by atoms with E-state index in [1.165, 1.54) is 35.1 Å². The molecule has 0 aliphatic carbocycles.